The van der Waals surface area contributed by atoms with Crippen molar-refractivity contribution >= 4 is 27.5 Å². The van der Waals surface area contributed by atoms with Crippen molar-refractivity contribution in [1.29, 1.82) is 0 Å². The van der Waals surface area contributed by atoms with Crippen LogP contribution in [-0.4, -0.2) is 48.6 Å². The van der Waals surface area contributed by atoms with Crippen LogP contribution >= 0.6 is 15.9 Å². The second-order valence-corrected chi connectivity index (χ2v) is 6.26. The van der Waals surface area contributed by atoms with E-state index in [1.165, 1.54) is 0 Å². The van der Waals surface area contributed by atoms with Crippen LogP contribution in [0.3, 0.4) is 0 Å². The topological polar surface area (TPSA) is 91.3 Å². The van der Waals surface area contributed by atoms with Crippen molar-refractivity contribution in [3.8, 4) is 0 Å². The molecule has 0 spiro atoms. The number of aliphatic hydroxyl groups is 1. The number of anilines is 1. The van der Waals surface area contributed by atoms with Crippen molar-refractivity contribution in [2.45, 2.75) is 18.4 Å². The first kappa shape index (κ1) is 16.1. The van der Waals surface area contributed by atoms with Gasteiger partial charge in [-0.25, -0.2) is 0 Å². The molecule has 0 amide bonds. The van der Waals surface area contributed by atoms with Crippen LogP contribution in [0.5, 0.6) is 0 Å². The molecule has 0 radical (unpaired) electrons. The van der Waals surface area contributed by atoms with Gasteiger partial charge in [0.2, 0.25) is 0 Å². The van der Waals surface area contributed by atoms with Gasteiger partial charge in [0.25, 0.3) is 0 Å². The molecule has 1 aliphatic rings. The maximum absolute atomic E-state index is 10.6. The molecular formula is C14H20BrN3O3. The molecule has 1 aromatic rings. The smallest absolute Gasteiger partial charge is 0.172 e. The number of amidine groups is 1. The van der Waals surface area contributed by atoms with Gasteiger partial charge in [-0.1, -0.05) is 21.1 Å². The Morgan fingerprint density at radius 2 is 2.14 bits per heavy atom. The van der Waals surface area contributed by atoms with Gasteiger partial charge in [0.05, 0.1) is 5.60 Å². The fraction of sp³-hybridized carbons (Fsp3) is 0.500. The number of hydrogen-bond acceptors (Lipinski definition) is 5. The predicted octanol–water partition coefficient (Wildman–Crippen LogP) is 1.52. The number of nitrogens with zero attached hydrogens (tertiary/aromatic N) is 2. The Morgan fingerprint density at radius 1 is 1.48 bits per heavy atom. The molecule has 2 rings (SSSR count). The van der Waals surface area contributed by atoms with E-state index in [9.17, 15) is 5.11 Å². The lowest BCUT2D eigenvalue weighted by Gasteiger charge is -2.36. The largest absolute Gasteiger partial charge is 0.409 e. The third-order valence-electron chi connectivity index (χ3n) is 3.71. The summed E-state index contributed by atoms with van der Waals surface area (Å²) in [5.74, 6) is 0.0390. The maximum Gasteiger partial charge on any atom is 0.172 e. The molecule has 0 aromatic heterocycles. The average Bonchev–Trinajstić information content (AvgIpc) is 2.46. The van der Waals surface area contributed by atoms with Gasteiger partial charge in [0, 0.05) is 55.4 Å². The molecule has 1 heterocycles. The summed E-state index contributed by atoms with van der Waals surface area (Å²) in [6.45, 7) is 1.60. The molecule has 1 fully saturated rings. The fourth-order valence-corrected chi connectivity index (χ4v) is 2.90. The number of ether oxygens (including phenoxy) is 1. The quantitative estimate of drug-likeness (QED) is 0.329. The van der Waals surface area contributed by atoms with Crippen molar-refractivity contribution in [2.24, 2.45) is 10.9 Å². The SMILES string of the molecule is CN(CC1(O)CCOCC1)c1ccc(Br)cc1/C(N)=N/O. The molecule has 116 valence electrons. The summed E-state index contributed by atoms with van der Waals surface area (Å²) in [7, 11) is 1.88. The summed E-state index contributed by atoms with van der Waals surface area (Å²) >= 11 is 3.38. The summed E-state index contributed by atoms with van der Waals surface area (Å²) in [5, 5.41) is 22.6. The molecule has 0 atom stereocenters. The number of nitrogens with two attached hydrogens (primary N) is 1. The zero-order chi connectivity index (χ0) is 15.5. The summed E-state index contributed by atoms with van der Waals surface area (Å²) in [4.78, 5) is 1.92. The number of benzene rings is 1. The van der Waals surface area contributed by atoms with E-state index in [0.29, 0.717) is 38.2 Å². The van der Waals surface area contributed by atoms with Gasteiger partial charge < -0.3 is 25.7 Å². The first-order chi connectivity index (χ1) is 9.95. The van der Waals surface area contributed by atoms with E-state index < -0.39 is 5.60 Å². The van der Waals surface area contributed by atoms with Crippen LogP contribution < -0.4 is 10.6 Å². The van der Waals surface area contributed by atoms with E-state index in [-0.39, 0.29) is 5.84 Å². The van der Waals surface area contributed by atoms with Gasteiger partial charge in [-0.3, -0.25) is 0 Å². The van der Waals surface area contributed by atoms with Crippen LogP contribution in [0.15, 0.2) is 27.8 Å². The van der Waals surface area contributed by atoms with E-state index in [1.54, 1.807) is 6.07 Å². The van der Waals surface area contributed by atoms with E-state index >= 15 is 0 Å². The fourth-order valence-electron chi connectivity index (χ4n) is 2.54. The van der Waals surface area contributed by atoms with Crippen molar-refractivity contribution in [1.82, 2.24) is 0 Å². The second-order valence-electron chi connectivity index (χ2n) is 5.34. The number of oxime groups is 1. The molecule has 1 aromatic carbocycles. The molecule has 4 N–H and O–H groups in total. The van der Waals surface area contributed by atoms with Crippen LogP contribution in [0.2, 0.25) is 0 Å². The Bertz CT molecular complexity index is 530. The molecule has 0 bridgehead atoms. The highest BCUT2D eigenvalue weighted by molar-refractivity contribution is 9.10. The Balaban J connectivity index is 2.24. The van der Waals surface area contributed by atoms with Gasteiger partial charge in [-0.2, -0.15) is 0 Å². The predicted molar refractivity (Wildman–Crippen MR) is 84.9 cm³/mol. The highest BCUT2D eigenvalue weighted by Gasteiger charge is 2.31. The van der Waals surface area contributed by atoms with Gasteiger partial charge >= 0.3 is 0 Å². The van der Waals surface area contributed by atoms with Gasteiger partial charge in [-0.05, 0) is 18.2 Å². The summed E-state index contributed by atoms with van der Waals surface area (Å²) in [6.07, 6.45) is 1.21. The lowest BCUT2D eigenvalue weighted by molar-refractivity contribution is -0.0572. The molecule has 7 heteroatoms. The molecule has 6 nitrogen and oxygen atoms in total. The van der Waals surface area contributed by atoms with Gasteiger partial charge in [0.15, 0.2) is 5.84 Å². The summed E-state index contributed by atoms with van der Waals surface area (Å²) < 4.78 is 6.13. The molecule has 1 aliphatic heterocycles. The minimum atomic E-state index is -0.775. The molecule has 21 heavy (non-hydrogen) atoms. The van der Waals surface area contributed by atoms with Crippen molar-refractivity contribution in [2.75, 3.05) is 31.7 Å². The van der Waals surface area contributed by atoms with E-state index in [2.05, 4.69) is 21.1 Å². The molecule has 0 unspecified atom stereocenters. The van der Waals surface area contributed by atoms with E-state index in [1.807, 2.05) is 24.1 Å². The standard InChI is InChI=1S/C14H20BrN3O3/c1-18(9-14(19)4-6-21-7-5-14)12-3-2-10(15)8-11(12)13(16)17-20/h2-3,8,19-20H,4-7,9H2,1H3,(H2,16,17). The molecular weight excluding hydrogens is 338 g/mol. The van der Waals surface area contributed by atoms with Crippen molar-refractivity contribution in [3.63, 3.8) is 0 Å². The normalized spacial score (nSPS) is 18.5. The minimum Gasteiger partial charge on any atom is -0.409 e. The highest BCUT2D eigenvalue weighted by Crippen LogP contribution is 2.28. The van der Waals surface area contributed by atoms with Crippen LogP contribution in [0.1, 0.15) is 18.4 Å². The van der Waals surface area contributed by atoms with Crippen molar-refractivity contribution < 1.29 is 15.1 Å². The Kier molecular flexibility index (Phi) is 5.08. The Labute approximate surface area is 132 Å². The number of likely N-dealkylation sites (N-methyl/N-ethyl adjacent to an activating group) is 1. The van der Waals surface area contributed by atoms with E-state index in [4.69, 9.17) is 15.7 Å². The third kappa shape index (κ3) is 3.87. The van der Waals surface area contributed by atoms with Crippen molar-refractivity contribution in [3.05, 3.63) is 28.2 Å². The highest BCUT2D eigenvalue weighted by atomic mass is 79.9. The number of rotatable bonds is 4. The van der Waals surface area contributed by atoms with Crippen LogP contribution in [0.4, 0.5) is 5.69 Å². The third-order valence-corrected chi connectivity index (χ3v) is 4.20. The molecule has 0 saturated carbocycles. The zero-order valence-corrected chi connectivity index (χ0v) is 13.5. The van der Waals surface area contributed by atoms with Crippen LogP contribution in [0, 0.1) is 0 Å². The lowest BCUT2D eigenvalue weighted by atomic mass is 9.93. The molecule has 0 aliphatic carbocycles. The summed E-state index contributed by atoms with van der Waals surface area (Å²) in [5.41, 5.74) is 6.38. The monoisotopic (exact) mass is 357 g/mol. The average molecular weight is 358 g/mol. The Morgan fingerprint density at radius 3 is 2.76 bits per heavy atom. The first-order valence-electron chi connectivity index (χ1n) is 6.74. The second kappa shape index (κ2) is 6.64. The van der Waals surface area contributed by atoms with E-state index in [0.717, 1.165) is 10.2 Å². The zero-order valence-electron chi connectivity index (χ0n) is 11.9. The number of halogens is 1. The minimum absolute atomic E-state index is 0.0390. The lowest BCUT2D eigenvalue weighted by Crippen LogP contribution is -2.46. The Hall–Kier alpha value is -1.31. The molecule has 1 saturated heterocycles. The number of hydrogen-bond donors (Lipinski definition) is 3. The maximum atomic E-state index is 10.6. The summed E-state index contributed by atoms with van der Waals surface area (Å²) in [6, 6.07) is 5.54. The van der Waals surface area contributed by atoms with Crippen LogP contribution in [-0.2, 0) is 4.74 Å². The first-order valence-corrected chi connectivity index (χ1v) is 7.53. The van der Waals surface area contributed by atoms with Gasteiger partial charge in [-0.15, -0.1) is 0 Å². The van der Waals surface area contributed by atoms with Gasteiger partial charge in [0.1, 0.15) is 0 Å². The van der Waals surface area contributed by atoms with Crippen LogP contribution in [0.25, 0.3) is 0 Å².